The quantitative estimate of drug-likeness (QED) is 0.444. The van der Waals surface area contributed by atoms with Gasteiger partial charge in [-0.15, -0.1) is 0 Å². The van der Waals surface area contributed by atoms with Crippen LogP contribution in [0.25, 0.3) is 0 Å². The lowest BCUT2D eigenvalue weighted by molar-refractivity contribution is -0.140. The Balaban J connectivity index is 2.19. The van der Waals surface area contributed by atoms with Crippen LogP contribution in [0.1, 0.15) is 73.3 Å². The molecule has 208 valence electrons. The molecule has 8 heteroatoms. The van der Waals surface area contributed by atoms with Crippen LogP contribution in [0.5, 0.6) is 0 Å². The Morgan fingerprint density at radius 1 is 1.11 bits per heavy atom. The van der Waals surface area contributed by atoms with Gasteiger partial charge < -0.3 is 15.5 Å². The number of carbonyl (C=O) groups is 3. The van der Waals surface area contributed by atoms with Crippen molar-refractivity contribution in [3.8, 4) is 6.07 Å². The Morgan fingerprint density at radius 3 is 2.37 bits per heavy atom. The Bertz CT molecular complexity index is 1060. The highest BCUT2D eigenvalue weighted by molar-refractivity contribution is 6.03. The van der Waals surface area contributed by atoms with Gasteiger partial charge in [0.2, 0.25) is 11.8 Å². The second-order valence-corrected chi connectivity index (χ2v) is 11.3. The van der Waals surface area contributed by atoms with E-state index < -0.39 is 6.04 Å². The van der Waals surface area contributed by atoms with Crippen LogP contribution in [0.3, 0.4) is 0 Å². The molecule has 8 nitrogen and oxygen atoms in total. The summed E-state index contributed by atoms with van der Waals surface area (Å²) in [5, 5.41) is 15.0. The maximum absolute atomic E-state index is 13.7. The predicted molar refractivity (Wildman–Crippen MR) is 151 cm³/mol. The summed E-state index contributed by atoms with van der Waals surface area (Å²) < 4.78 is 0. The molecule has 0 spiro atoms. The zero-order valence-corrected chi connectivity index (χ0v) is 24.2. The zero-order valence-electron chi connectivity index (χ0n) is 24.2. The summed E-state index contributed by atoms with van der Waals surface area (Å²) in [6.45, 7) is 14.7. The Morgan fingerprint density at radius 2 is 1.79 bits per heavy atom. The number of benzene rings is 1. The van der Waals surface area contributed by atoms with Crippen molar-refractivity contribution in [1.82, 2.24) is 15.1 Å². The molecule has 1 saturated heterocycles. The van der Waals surface area contributed by atoms with Crippen LogP contribution in [-0.4, -0.2) is 65.3 Å². The van der Waals surface area contributed by atoms with Gasteiger partial charge in [-0.1, -0.05) is 46.3 Å². The van der Waals surface area contributed by atoms with Gasteiger partial charge in [-0.2, -0.15) is 5.26 Å². The number of piperidine rings is 1. The van der Waals surface area contributed by atoms with Gasteiger partial charge >= 0.3 is 0 Å². The molecule has 2 N–H and O–H groups in total. The average molecular weight is 524 g/mol. The van der Waals surface area contributed by atoms with E-state index in [9.17, 15) is 14.4 Å². The van der Waals surface area contributed by atoms with Crippen LogP contribution in [-0.2, 0) is 14.4 Å². The maximum Gasteiger partial charge on any atom is 0.251 e. The number of nitriles is 1. The number of likely N-dealkylation sites (N-methyl/N-ethyl adjacent to an activating group) is 1. The molecular weight excluding hydrogens is 478 g/mol. The fraction of sp³-hybridized carbons (Fsp3) is 0.600. The highest BCUT2D eigenvalue weighted by Crippen LogP contribution is 2.22. The molecule has 0 aromatic heterocycles. The maximum atomic E-state index is 13.7. The first kappa shape index (κ1) is 31.0. The number of anilines is 1. The van der Waals surface area contributed by atoms with Crippen molar-refractivity contribution in [1.29, 1.82) is 5.26 Å². The van der Waals surface area contributed by atoms with Crippen LogP contribution >= 0.6 is 0 Å². The van der Waals surface area contributed by atoms with Gasteiger partial charge in [0, 0.05) is 24.4 Å². The van der Waals surface area contributed by atoms with Crippen molar-refractivity contribution in [2.24, 2.45) is 11.8 Å². The lowest BCUT2D eigenvalue weighted by atomic mass is 9.95. The van der Waals surface area contributed by atoms with Crippen molar-refractivity contribution < 1.29 is 14.4 Å². The molecule has 1 aliphatic heterocycles. The smallest absolute Gasteiger partial charge is 0.251 e. The third kappa shape index (κ3) is 8.16. The lowest BCUT2D eigenvalue weighted by Crippen LogP contribution is -2.58. The molecule has 0 radical (unpaired) electrons. The van der Waals surface area contributed by atoms with E-state index in [0.717, 1.165) is 25.8 Å². The normalized spacial score (nSPS) is 18.2. The molecule has 3 amide bonds. The SMILES string of the molecule is CC(=C[C@H](C(C)C)N(C)C(=O)[C@@H](NC(=O)[C@H]1CCCCN1C(C)C)C(C)C)C(=O)Nc1cccc(C#N)c1. The molecule has 2 rings (SSSR count). The van der Waals surface area contributed by atoms with E-state index in [-0.39, 0.29) is 47.7 Å². The third-order valence-electron chi connectivity index (χ3n) is 7.25. The average Bonchev–Trinajstić information content (AvgIpc) is 2.88. The fourth-order valence-electron chi connectivity index (χ4n) is 4.96. The largest absolute Gasteiger partial charge is 0.343 e. The summed E-state index contributed by atoms with van der Waals surface area (Å²) in [5.74, 6) is -0.632. The second-order valence-electron chi connectivity index (χ2n) is 11.3. The van der Waals surface area contributed by atoms with Crippen molar-refractivity contribution in [3.63, 3.8) is 0 Å². The van der Waals surface area contributed by atoms with E-state index in [4.69, 9.17) is 5.26 Å². The van der Waals surface area contributed by atoms with Crippen LogP contribution in [0.4, 0.5) is 5.69 Å². The molecule has 1 heterocycles. The summed E-state index contributed by atoms with van der Waals surface area (Å²) in [4.78, 5) is 43.8. The number of hydrogen-bond acceptors (Lipinski definition) is 5. The van der Waals surface area contributed by atoms with Gasteiger partial charge in [-0.05, 0) is 70.2 Å². The van der Waals surface area contributed by atoms with E-state index in [2.05, 4.69) is 35.5 Å². The van der Waals surface area contributed by atoms with Gasteiger partial charge in [0.1, 0.15) is 6.04 Å². The van der Waals surface area contributed by atoms with Gasteiger partial charge in [0.15, 0.2) is 0 Å². The lowest BCUT2D eigenvalue weighted by Gasteiger charge is -2.39. The first-order chi connectivity index (χ1) is 17.9. The molecule has 1 fully saturated rings. The van der Waals surface area contributed by atoms with E-state index in [1.165, 1.54) is 0 Å². The molecule has 1 aromatic rings. The van der Waals surface area contributed by atoms with Crippen LogP contribution in [0.15, 0.2) is 35.9 Å². The van der Waals surface area contributed by atoms with Crippen molar-refractivity contribution in [2.45, 2.75) is 91.9 Å². The Hall–Kier alpha value is -3.18. The van der Waals surface area contributed by atoms with E-state index in [0.29, 0.717) is 16.8 Å². The minimum absolute atomic E-state index is 0.0342. The van der Waals surface area contributed by atoms with Crippen molar-refractivity contribution >= 4 is 23.4 Å². The van der Waals surface area contributed by atoms with E-state index in [1.54, 1.807) is 49.2 Å². The van der Waals surface area contributed by atoms with E-state index >= 15 is 0 Å². The van der Waals surface area contributed by atoms with Gasteiger partial charge in [-0.3, -0.25) is 19.3 Å². The topological polar surface area (TPSA) is 106 Å². The highest BCUT2D eigenvalue weighted by atomic mass is 16.2. The summed E-state index contributed by atoms with van der Waals surface area (Å²) >= 11 is 0. The van der Waals surface area contributed by atoms with Gasteiger partial charge in [0.05, 0.1) is 23.7 Å². The first-order valence-corrected chi connectivity index (χ1v) is 13.7. The minimum atomic E-state index is -0.666. The molecule has 3 atom stereocenters. The molecule has 1 aromatic carbocycles. The number of nitrogens with zero attached hydrogens (tertiary/aromatic N) is 3. The molecule has 1 aliphatic rings. The molecule has 0 bridgehead atoms. The number of nitrogens with one attached hydrogen (secondary N) is 2. The molecular formula is C30H45N5O3. The molecule has 0 aliphatic carbocycles. The fourth-order valence-corrected chi connectivity index (χ4v) is 4.96. The van der Waals surface area contributed by atoms with Crippen molar-refractivity contribution in [3.05, 3.63) is 41.5 Å². The highest BCUT2D eigenvalue weighted by Gasteiger charge is 2.36. The van der Waals surface area contributed by atoms with E-state index in [1.807, 2.05) is 27.7 Å². The third-order valence-corrected chi connectivity index (χ3v) is 7.25. The number of amides is 3. The standard InChI is InChI=1S/C30H45N5O3/c1-19(2)26(16-22(7)28(36)32-24-13-11-12-23(17-24)18-31)34(8)30(38)27(20(3)4)33-29(37)25-14-9-10-15-35(25)21(5)6/h11-13,16-17,19-21,25-27H,9-10,14-15H2,1-8H3,(H,32,36)(H,33,37)/t25-,26-,27+/m1/s1. The second kappa shape index (κ2) is 14.1. The first-order valence-electron chi connectivity index (χ1n) is 13.7. The monoisotopic (exact) mass is 523 g/mol. The van der Waals surface area contributed by atoms with Crippen LogP contribution in [0, 0.1) is 23.2 Å². The summed E-state index contributed by atoms with van der Waals surface area (Å²) in [5.41, 5.74) is 1.46. The zero-order chi connectivity index (χ0) is 28.6. The summed E-state index contributed by atoms with van der Waals surface area (Å²) in [6.07, 6.45) is 4.68. The van der Waals surface area contributed by atoms with Gasteiger partial charge in [0.25, 0.3) is 5.91 Å². The predicted octanol–water partition coefficient (Wildman–Crippen LogP) is 4.33. The molecule has 0 unspecified atom stereocenters. The Labute approximate surface area is 228 Å². The molecule has 0 saturated carbocycles. The van der Waals surface area contributed by atoms with Crippen LogP contribution < -0.4 is 10.6 Å². The van der Waals surface area contributed by atoms with Crippen molar-refractivity contribution in [2.75, 3.05) is 18.9 Å². The number of rotatable bonds is 10. The summed E-state index contributed by atoms with van der Waals surface area (Å²) in [7, 11) is 1.73. The molecule has 38 heavy (non-hydrogen) atoms. The minimum Gasteiger partial charge on any atom is -0.343 e. The van der Waals surface area contributed by atoms with Crippen LogP contribution in [0.2, 0.25) is 0 Å². The number of likely N-dealkylation sites (tertiary alicyclic amines) is 1. The summed E-state index contributed by atoms with van der Waals surface area (Å²) in [6, 6.07) is 7.81. The Kier molecular flexibility index (Phi) is 11.5. The van der Waals surface area contributed by atoms with Gasteiger partial charge in [-0.25, -0.2) is 0 Å². The number of carbonyl (C=O) groups excluding carboxylic acids is 3. The number of hydrogen-bond donors (Lipinski definition) is 2.